The van der Waals surface area contributed by atoms with Crippen LogP contribution < -0.4 is 9.47 Å². The molecule has 8 nitrogen and oxygen atoms in total. The zero-order valence-corrected chi connectivity index (χ0v) is 16.5. The number of hydrogen-bond acceptors (Lipinski definition) is 5. The third-order valence-corrected chi connectivity index (χ3v) is 4.75. The second-order valence-electron chi connectivity index (χ2n) is 6.67. The summed E-state index contributed by atoms with van der Waals surface area (Å²) in [7, 11) is 2.98. The van der Waals surface area contributed by atoms with Crippen molar-refractivity contribution in [2.24, 2.45) is 0 Å². The van der Waals surface area contributed by atoms with Gasteiger partial charge in [0.1, 0.15) is 18.0 Å². The van der Waals surface area contributed by atoms with E-state index in [-0.39, 0.29) is 31.4 Å². The lowest BCUT2D eigenvalue weighted by Crippen LogP contribution is -2.51. The van der Waals surface area contributed by atoms with Crippen molar-refractivity contribution in [3.05, 3.63) is 41.7 Å². The summed E-state index contributed by atoms with van der Waals surface area (Å²) in [6.45, 7) is 0.864. The van der Waals surface area contributed by atoms with Crippen molar-refractivity contribution in [3.63, 3.8) is 0 Å². The lowest BCUT2D eigenvalue weighted by Gasteiger charge is -2.35. The molecule has 2 amide bonds. The number of rotatable bonds is 5. The summed E-state index contributed by atoms with van der Waals surface area (Å²) < 4.78 is 49.2. The SMILES string of the molecule is COc1cc(OC)cc(C(=O)N2CCN(C(=O)Cn3ccc(C(F)(F)F)n3)CC2)c1. The fraction of sp³-hybridized carbons (Fsp3) is 0.421. The standard InChI is InChI=1S/C19H21F3N4O4/c1-29-14-9-13(10-15(11-14)30-2)18(28)25-7-5-24(6-8-25)17(27)12-26-4-3-16(23-26)19(20,21)22/h3-4,9-11H,5-8,12H2,1-2H3. The molecule has 11 heteroatoms. The summed E-state index contributed by atoms with van der Waals surface area (Å²) in [4.78, 5) is 28.3. The van der Waals surface area contributed by atoms with Gasteiger partial charge in [0, 0.05) is 44.0 Å². The topological polar surface area (TPSA) is 76.9 Å². The highest BCUT2D eigenvalue weighted by Crippen LogP contribution is 2.27. The second kappa shape index (κ2) is 8.64. The predicted octanol–water partition coefficient (Wildman–Crippen LogP) is 1.90. The number of amides is 2. The molecule has 0 saturated carbocycles. The molecule has 162 valence electrons. The van der Waals surface area contributed by atoms with Crippen LogP contribution in [0.25, 0.3) is 0 Å². The van der Waals surface area contributed by atoms with Gasteiger partial charge in [0.25, 0.3) is 5.91 Å². The minimum absolute atomic E-state index is 0.221. The highest BCUT2D eigenvalue weighted by atomic mass is 19.4. The first-order chi connectivity index (χ1) is 14.2. The molecule has 2 heterocycles. The number of alkyl halides is 3. The summed E-state index contributed by atoms with van der Waals surface area (Å²) in [6.07, 6.45) is -3.43. The molecule has 1 aliphatic heterocycles. The molecule has 30 heavy (non-hydrogen) atoms. The molecule has 0 spiro atoms. The number of benzene rings is 1. The van der Waals surface area contributed by atoms with Crippen molar-refractivity contribution in [2.75, 3.05) is 40.4 Å². The Morgan fingerprint density at radius 2 is 1.57 bits per heavy atom. The Kier molecular flexibility index (Phi) is 6.18. The van der Waals surface area contributed by atoms with Gasteiger partial charge in [-0.05, 0) is 18.2 Å². The van der Waals surface area contributed by atoms with Crippen LogP contribution in [0.5, 0.6) is 11.5 Å². The van der Waals surface area contributed by atoms with Gasteiger partial charge < -0.3 is 19.3 Å². The monoisotopic (exact) mass is 426 g/mol. The van der Waals surface area contributed by atoms with Crippen LogP contribution >= 0.6 is 0 Å². The van der Waals surface area contributed by atoms with Crippen molar-refractivity contribution in [3.8, 4) is 11.5 Å². The van der Waals surface area contributed by atoms with Gasteiger partial charge in [-0.1, -0.05) is 0 Å². The Morgan fingerprint density at radius 3 is 2.07 bits per heavy atom. The number of hydrogen-bond donors (Lipinski definition) is 0. The normalized spacial score (nSPS) is 14.6. The van der Waals surface area contributed by atoms with Crippen LogP contribution in [-0.2, 0) is 17.5 Å². The molecule has 2 aromatic rings. The Morgan fingerprint density at radius 1 is 1.00 bits per heavy atom. The van der Waals surface area contributed by atoms with E-state index in [2.05, 4.69) is 5.10 Å². The molecular formula is C19H21F3N4O4. The maximum absolute atomic E-state index is 12.8. The highest BCUT2D eigenvalue weighted by Gasteiger charge is 2.34. The zero-order valence-electron chi connectivity index (χ0n) is 16.5. The molecule has 1 fully saturated rings. The number of halogens is 3. The maximum Gasteiger partial charge on any atom is 0.435 e. The first kappa shape index (κ1) is 21.5. The molecule has 0 radical (unpaired) electrons. The van der Waals surface area contributed by atoms with Crippen molar-refractivity contribution >= 4 is 11.8 Å². The molecule has 1 aromatic carbocycles. The Labute approximate surface area is 170 Å². The Hall–Kier alpha value is -3.24. The molecular weight excluding hydrogens is 405 g/mol. The molecule has 0 atom stereocenters. The Bertz CT molecular complexity index is 898. The Balaban J connectivity index is 1.58. The predicted molar refractivity (Wildman–Crippen MR) is 99.3 cm³/mol. The van der Waals surface area contributed by atoms with Gasteiger partial charge in [-0.25, -0.2) is 0 Å². The van der Waals surface area contributed by atoms with Crippen LogP contribution in [0.1, 0.15) is 16.1 Å². The van der Waals surface area contributed by atoms with Crippen LogP contribution in [0.2, 0.25) is 0 Å². The van der Waals surface area contributed by atoms with Crippen molar-refractivity contribution in [2.45, 2.75) is 12.7 Å². The average molecular weight is 426 g/mol. The summed E-state index contributed by atoms with van der Waals surface area (Å²) in [6, 6.07) is 5.70. The van der Waals surface area contributed by atoms with E-state index in [0.29, 0.717) is 30.2 Å². The van der Waals surface area contributed by atoms with Crippen LogP contribution in [-0.4, -0.2) is 71.8 Å². The van der Waals surface area contributed by atoms with Crippen LogP contribution in [0.15, 0.2) is 30.5 Å². The van der Waals surface area contributed by atoms with Gasteiger partial charge in [0.2, 0.25) is 5.91 Å². The number of methoxy groups -OCH3 is 2. The molecule has 0 bridgehead atoms. The van der Waals surface area contributed by atoms with Crippen LogP contribution in [0, 0.1) is 0 Å². The third-order valence-electron chi connectivity index (χ3n) is 4.75. The van der Waals surface area contributed by atoms with Gasteiger partial charge in [-0.15, -0.1) is 0 Å². The van der Waals surface area contributed by atoms with Gasteiger partial charge in [-0.2, -0.15) is 18.3 Å². The summed E-state index contributed by atoms with van der Waals surface area (Å²) in [5, 5.41) is 3.39. The van der Waals surface area contributed by atoms with Crippen LogP contribution in [0.4, 0.5) is 13.2 Å². The van der Waals surface area contributed by atoms with Crippen molar-refractivity contribution in [1.29, 1.82) is 0 Å². The summed E-state index contributed by atoms with van der Waals surface area (Å²) in [5.74, 6) is 0.399. The van der Waals surface area contributed by atoms with E-state index in [4.69, 9.17) is 9.47 Å². The lowest BCUT2D eigenvalue weighted by atomic mass is 10.1. The van der Waals surface area contributed by atoms with Gasteiger partial charge >= 0.3 is 6.18 Å². The van der Waals surface area contributed by atoms with Crippen molar-refractivity contribution < 1.29 is 32.2 Å². The first-order valence-corrected chi connectivity index (χ1v) is 9.12. The summed E-state index contributed by atoms with van der Waals surface area (Å²) >= 11 is 0. The van der Waals surface area contributed by atoms with E-state index in [1.165, 1.54) is 19.1 Å². The molecule has 0 unspecified atom stereocenters. The zero-order chi connectivity index (χ0) is 21.9. The van der Waals surface area contributed by atoms with E-state index in [1.54, 1.807) is 23.1 Å². The molecule has 0 N–H and O–H groups in total. The van der Waals surface area contributed by atoms with Gasteiger partial charge in [0.05, 0.1) is 14.2 Å². The molecule has 3 rings (SSSR count). The minimum atomic E-state index is -4.55. The third kappa shape index (κ3) is 4.84. The second-order valence-corrected chi connectivity index (χ2v) is 6.67. The molecule has 1 aliphatic rings. The molecule has 1 aromatic heterocycles. The maximum atomic E-state index is 12.8. The first-order valence-electron chi connectivity index (χ1n) is 9.12. The quantitative estimate of drug-likeness (QED) is 0.730. The van der Waals surface area contributed by atoms with Crippen LogP contribution in [0.3, 0.4) is 0 Å². The number of ether oxygens (including phenoxy) is 2. The number of piperazine rings is 1. The van der Waals surface area contributed by atoms with E-state index in [1.807, 2.05) is 0 Å². The van der Waals surface area contributed by atoms with Crippen molar-refractivity contribution in [1.82, 2.24) is 19.6 Å². The van der Waals surface area contributed by atoms with E-state index < -0.39 is 11.9 Å². The number of nitrogens with zero attached hydrogens (tertiary/aromatic N) is 4. The number of aromatic nitrogens is 2. The fourth-order valence-electron chi connectivity index (χ4n) is 3.11. The number of carbonyl (C=O) groups is 2. The molecule has 0 aliphatic carbocycles. The van der Waals surface area contributed by atoms with Gasteiger partial charge in [0.15, 0.2) is 5.69 Å². The van der Waals surface area contributed by atoms with E-state index in [9.17, 15) is 22.8 Å². The van der Waals surface area contributed by atoms with E-state index >= 15 is 0 Å². The average Bonchev–Trinajstić information content (AvgIpc) is 3.22. The van der Waals surface area contributed by atoms with E-state index in [0.717, 1.165) is 16.9 Å². The fourth-order valence-corrected chi connectivity index (χ4v) is 3.11. The highest BCUT2D eigenvalue weighted by molar-refractivity contribution is 5.95. The number of carbonyl (C=O) groups excluding carboxylic acids is 2. The summed E-state index contributed by atoms with van der Waals surface area (Å²) in [5.41, 5.74) is -0.637. The minimum Gasteiger partial charge on any atom is -0.497 e. The lowest BCUT2D eigenvalue weighted by molar-refractivity contribution is -0.142. The smallest absolute Gasteiger partial charge is 0.435 e. The van der Waals surface area contributed by atoms with Gasteiger partial charge in [-0.3, -0.25) is 14.3 Å². The molecule has 1 saturated heterocycles. The largest absolute Gasteiger partial charge is 0.497 e.